The smallest absolute Gasteiger partial charge is 0.338 e. The molecular weight excluding hydrogens is 785 g/mol. The number of amidine groups is 1. The van der Waals surface area contributed by atoms with Gasteiger partial charge in [0.25, 0.3) is 0 Å². The number of amides is 2. The minimum atomic E-state index is -1.23. The molecule has 17 heteroatoms. The van der Waals surface area contributed by atoms with Crippen LogP contribution in [-0.4, -0.2) is 121 Å². The van der Waals surface area contributed by atoms with Gasteiger partial charge in [-0.1, -0.05) is 37.3 Å². The van der Waals surface area contributed by atoms with E-state index in [2.05, 4.69) is 57.4 Å². The van der Waals surface area contributed by atoms with Crippen LogP contribution in [0.2, 0.25) is 30.7 Å². The number of aliphatic imine (C=N–C) groups is 1. The van der Waals surface area contributed by atoms with E-state index in [1.54, 1.807) is 12.3 Å². The molecule has 2 amide bonds. The highest BCUT2D eigenvalue weighted by atomic mass is 35.5. The molecule has 0 aliphatic carbocycles. The summed E-state index contributed by atoms with van der Waals surface area (Å²) in [6.45, 7) is 11.8. The molecule has 2 aromatic heterocycles. The number of piperazine rings is 1. The number of rotatable bonds is 12. The predicted octanol–water partition coefficient (Wildman–Crippen LogP) is 6.51. The molecule has 0 spiro atoms. The van der Waals surface area contributed by atoms with Crippen molar-refractivity contribution in [1.82, 2.24) is 34.6 Å². The number of esters is 1. The molecule has 3 fully saturated rings. The van der Waals surface area contributed by atoms with Crippen molar-refractivity contribution in [1.29, 1.82) is 0 Å². The fraction of sp³-hybridized carbons (Fsp3) is 0.475. The molecule has 4 aliphatic heterocycles. The summed E-state index contributed by atoms with van der Waals surface area (Å²) in [5.74, 6) is 0.444. The maximum atomic E-state index is 14.1. The lowest BCUT2D eigenvalue weighted by Gasteiger charge is -2.38. The average Bonchev–Trinajstić information content (AvgIpc) is 3.99. The van der Waals surface area contributed by atoms with Crippen LogP contribution in [0.4, 0.5) is 14.9 Å². The number of carbonyl (C=O) groups excluding carboxylic acids is 2. The molecule has 13 nitrogen and oxygen atoms in total. The molecule has 6 heterocycles. The molecular formula is C40H49ClFN9O4SSi. The summed E-state index contributed by atoms with van der Waals surface area (Å²) >= 11 is 7.97. The Kier molecular flexibility index (Phi) is 11.3. The Bertz CT molecular complexity index is 2230. The predicted molar refractivity (Wildman–Crippen MR) is 223 cm³/mol. The Labute approximate surface area is 342 Å². The third kappa shape index (κ3) is 8.12. The zero-order valence-corrected chi connectivity index (χ0v) is 35.6. The number of imidazole rings is 1. The number of methoxy groups -OCH3 is 1. The van der Waals surface area contributed by atoms with Gasteiger partial charge in [-0.3, -0.25) is 19.7 Å². The van der Waals surface area contributed by atoms with Crippen LogP contribution in [0.25, 0.3) is 11.0 Å². The molecule has 0 radical (unpaired) electrons. The molecule has 8 rings (SSSR count). The molecule has 0 bridgehead atoms. The highest BCUT2D eigenvalue weighted by molar-refractivity contribution is 7.11. The number of hydrogen-bond acceptors (Lipinski definition) is 11. The van der Waals surface area contributed by atoms with Crippen molar-refractivity contribution in [3.05, 3.63) is 86.5 Å². The zero-order valence-electron chi connectivity index (χ0n) is 33.0. The molecule has 3 atom stereocenters. The Morgan fingerprint density at radius 1 is 1.12 bits per heavy atom. The van der Waals surface area contributed by atoms with Crippen molar-refractivity contribution in [2.45, 2.75) is 63.4 Å². The summed E-state index contributed by atoms with van der Waals surface area (Å²) in [4.78, 5) is 50.4. The summed E-state index contributed by atoms with van der Waals surface area (Å²) in [6.07, 6.45) is 3.86. The normalized spacial score (nSPS) is 22.1. The van der Waals surface area contributed by atoms with Gasteiger partial charge in [-0.25, -0.2) is 23.9 Å². The van der Waals surface area contributed by atoms with E-state index in [4.69, 9.17) is 31.1 Å². The molecule has 57 heavy (non-hydrogen) atoms. The van der Waals surface area contributed by atoms with Crippen LogP contribution in [0.3, 0.4) is 0 Å². The Hall–Kier alpha value is -4.19. The van der Waals surface area contributed by atoms with Gasteiger partial charge in [0.15, 0.2) is 10.8 Å². The van der Waals surface area contributed by atoms with Crippen molar-refractivity contribution in [2.24, 2.45) is 4.99 Å². The van der Waals surface area contributed by atoms with Gasteiger partial charge in [0, 0.05) is 81.0 Å². The van der Waals surface area contributed by atoms with E-state index in [1.165, 1.54) is 30.6 Å². The molecule has 4 aromatic rings. The first-order chi connectivity index (χ1) is 27.4. The van der Waals surface area contributed by atoms with E-state index in [0.717, 1.165) is 54.6 Å². The third-order valence-electron chi connectivity index (χ3n) is 11.4. The van der Waals surface area contributed by atoms with Crippen molar-refractivity contribution in [3.63, 3.8) is 0 Å². The fourth-order valence-corrected chi connectivity index (χ4v) is 9.90. The van der Waals surface area contributed by atoms with Gasteiger partial charge in [0.05, 0.1) is 35.8 Å². The van der Waals surface area contributed by atoms with Crippen LogP contribution in [-0.2, 0) is 21.0 Å². The first kappa shape index (κ1) is 39.6. The van der Waals surface area contributed by atoms with E-state index in [1.807, 2.05) is 27.3 Å². The van der Waals surface area contributed by atoms with E-state index < -0.39 is 25.9 Å². The number of urea groups is 1. The highest BCUT2D eigenvalue weighted by Gasteiger charge is 2.43. The van der Waals surface area contributed by atoms with Crippen LogP contribution in [0.1, 0.15) is 41.3 Å². The molecule has 0 saturated carbocycles. The zero-order chi connectivity index (χ0) is 40.0. The van der Waals surface area contributed by atoms with E-state index in [-0.39, 0.29) is 28.7 Å². The van der Waals surface area contributed by atoms with Gasteiger partial charge < -0.3 is 24.3 Å². The lowest BCUT2D eigenvalue weighted by Crippen LogP contribution is -2.53. The third-order valence-corrected chi connectivity index (χ3v) is 14.2. The molecule has 2 aromatic carbocycles. The van der Waals surface area contributed by atoms with Gasteiger partial charge in [-0.15, -0.1) is 11.3 Å². The Morgan fingerprint density at radius 3 is 2.68 bits per heavy atom. The fourth-order valence-electron chi connectivity index (χ4n) is 8.29. The van der Waals surface area contributed by atoms with E-state index in [9.17, 15) is 14.0 Å². The van der Waals surface area contributed by atoms with E-state index >= 15 is 0 Å². The highest BCUT2D eigenvalue weighted by Crippen LogP contribution is 2.38. The second-order valence-corrected chi connectivity index (χ2v) is 23.3. The van der Waals surface area contributed by atoms with Crippen LogP contribution >= 0.6 is 22.9 Å². The maximum absolute atomic E-state index is 14.1. The number of nitrogens with zero attached hydrogens (tertiary/aromatic N) is 8. The first-order valence-electron chi connectivity index (χ1n) is 19.5. The second-order valence-electron chi connectivity index (χ2n) is 16.4. The minimum absolute atomic E-state index is 0.0293. The number of ether oxygens (including phenoxy) is 2. The molecule has 4 aliphatic rings. The number of likely N-dealkylation sites (tertiary alicyclic amines) is 1. The molecule has 302 valence electrons. The number of carbonyl (C=O) groups is 2. The second kappa shape index (κ2) is 16.2. The lowest BCUT2D eigenvalue weighted by molar-refractivity contribution is -0.136. The van der Waals surface area contributed by atoms with Gasteiger partial charge in [0.1, 0.15) is 24.4 Å². The van der Waals surface area contributed by atoms with Crippen LogP contribution in [0.15, 0.2) is 64.2 Å². The summed E-state index contributed by atoms with van der Waals surface area (Å²) in [5, 5.41) is 6.02. The van der Waals surface area contributed by atoms with Crippen LogP contribution in [0.5, 0.6) is 0 Å². The monoisotopic (exact) mass is 833 g/mol. The molecule has 0 unspecified atom stereocenters. The molecule has 3 saturated heterocycles. The number of benzene rings is 2. The standard InChI is InChI=1S/C40H49ClFN9O4SSi/c1-47-13-6-7-33(47)37-45-30-20-26(9-11-32(30)51(37)24-55-16-18-57(3,4)5)50-22-27-21-48(14-15-49(27)40(50)53)23-31-34(39(52)54-2)35(28-10-8-25(42)19-29(28)41)46-36(44-31)38-43-12-17-56-38/h8-12,17,19-20,27,33,35H,6-7,13-16,18,21-24H2,1-5H3,(H,44,46)/t27-,33+,35-/m0/s1. The van der Waals surface area contributed by atoms with Gasteiger partial charge >= 0.3 is 12.0 Å². The largest absolute Gasteiger partial charge is 0.466 e. The van der Waals surface area contributed by atoms with E-state index in [0.29, 0.717) is 61.6 Å². The summed E-state index contributed by atoms with van der Waals surface area (Å²) < 4.78 is 27.9. The minimum Gasteiger partial charge on any atom is -0.466 e. The summed E-state index contributed by atoms with van der Waals surface area (Å²) in [5.41, 5.74) is 4.04. The summed E-state index contributed by atoms with van der Waals surface area (Å²) in [6, 6.07) is 10.6. The van der Waals surface area contributed by atoms with Crippen molar-refractivity contribution in [3.8, 4) is 0 Å². The van der Waals surface area contributed by atoms with Crippen molar-refractivity contribution >= 4 is 65.6 Å². The number of aromatic nitrogens is 3. The van der Waals surface area contributed by atoms with Crippen molar-refractivity contribution < 1.29 is 23.5 Å². The number of anilines is 1. The van der Waals surface area contributed by atoms with Gasteiger partial charge in [-0.05, 0) is 62.8 Å². The SMILES string of the molecule is COC(=O)C1=C(CN2CCN3C(=O)N(c4ccc5c(c4)nc([C@H]4CCCN4C)n5COCC[Si](C)(C)C)C[C@@H]3C2)NC(c2nccs2)=N[C@H]1c1ccc(F)cc1Cl. The first-order valence-corrected chi connectivity index (χ1v) is 24.4. The van der Waals surface area contributed by atoms with Crippen LogP contribution in [0, 0.1) is 5.82 Å². The number of hydrogen-bond donors (Lipinski definition) is 1. The summed E-state index contributed by atoms with van der Waals surface area (Å²) in [7, 11) is 2.25. The number of halogens is 2. The van der Waals surface area contributed by atoms with Gasteiger partial charge in [0.2, 0.25) is 0 Å². The number of nitrogens with one attached hydrogen (secondary N) is 1. The van der Waals surface area contributed by atoms with Crippen LogP contribution < -0.4 is 10.2 Å². The Morgan fingerprint density at radius 2 is 1.96 bits per heavy atom. The maximum Gasteiger partial charge on any atom is 0.338 e. The average molecular weight is 834 g/mol. The van der Waals surface area contributed by atoms with Crippen molar-refractivity contribution in [2.75, 3.05) is 64.9 Å². The Balaban J connectivity index is 1.03. The number of thiazole rings is 1. The quantitative estimate of drug-likeness (QED) is 0.0969. The lowest BCUT2D eigenvalue weighted by atomic mass is 9.95. The molecule has 1 N–H and O–H groups in total. The topological polar surface area (TPSA) is 121 Å². The van der Waals surface area contributed by atoms with Gasteiger partial charge in [-0.2, -0.15) is 0 Å². The number of fused-ring (bicyclic) bond motifs is 2.